The first-order valence-corrected chi connectivity index (χ1v) is 4.47. The van der Waals surface area contributed by atoms with Crippen molar-refractivity contribution in [3.05, 3.63) is 49.2 Å². The van der Waals surface area contributed by atoms with Gasteiger partial charge in [-0.2, -0.15) is 0 Å². The minimum atomic E-state index is 1.20. The average Bonchev–Trinajstić information content (AvgIpc) is 2.18. The van der Waals surface area contributed by atoms with Crippen LogP contribution in [-0.4, -0.2) is 0 Å². The van der Waals surface area contributed by atoms with E-state index in [1.807, 2.05) is 52.0 Å². The van der Waals surface area contributed by atoms with Gasteiger partial charge in [-0.25, -0.2) is 0 Å². The summed E-state index contributed by atoms with van der Waals surface area (Å²) in [5.74, 6) is 0. The van der Waals surface area contributed by atoms with Crippen LogP contribution in [0, 0.1) is 0 Å². The van der Waals surface area contributed by atoms with Crippen LogP contribution in [0.25, 0.3) is 0 Å². The highest BCUT2D eigenvalue weighted by atomic mass is 14.5. The molecule has 0 unspecified atom stereocenters. The first-order valence-electron chi connectivity index (χ1n) is 4.47. The Morgan fingerprint density at radius 1 is 1.23 bits per heavy atom. The molecule has 1 heteroatoms. The van der Waals surface area contributed by atoms with Gasteiger partial charge in [0.1, 0.15) is 0 Å². The van der Waals surface area contributed by atoms with Crippen LogP contribution in [0.15, 0.2) is 49.2 Å². The molecule has 1 nitrogen and oxygen atoms in total. The van der Waals surface area contributed by atoms with Crippen molar-refractivity contribution in [1.82, 2.24) is 0 Å². The highest BCUT2D eigenvalue weighted by molar-refractivity contribution is 5.18. The summed E-state index contributed by atoms with van der Waals surface area (Å²) < 4.78 is 0. The first-order chi connectivity index (χ1) is 6.22. The van der Waals surface area contributed by atoms with Crippen LogP contribution in [0.1, 0.15) is 27.7 Å². The fourth-order valence-electron chi connectivity index (χ4n) is 0.316. The number of nitrogens with two attached hydrogens (primary N) is 1. The monoisotopic (exact) mass is 181 g/mol. The molecule has 0 aliphatic rings. The Morgan fingerprint density at radius 3 is 1.85 bits per heavy atom. The summed E-state index contributed by atoms with van der Waals surface area (Å²) >= 11 is 0. The lowest BCUT2D eigenvalue weighted by Crippen LogP contribution is -1.67. The summed E-state index contributed by atoms with van der Waals surface area (Å²) in [6, 6.07) is 0. The van der Waals surface area contributed by atoms with Gasteiger partial charge in [-0.15, -0.1) is 0 Å². The number of rotatable bonds is 2. The zero-order valence-electron chi connectivity index (χ0n) is 9.38. The third kappa shape index (κ3) is 36.4. The van der Waals surface area contributed by atoms with Gasteiger partial charge in [0.25, 0.3) is 0 Å². The van der Waals surface area contributed by atoms with Crippen molar-refractivity contribution in [2.24, 2.45) is 5.73 Å². The SMILES string of the molecule is C=C/C(C)=C\C=C/C.C=CN.CC. The van der Waals surface area contributed by atoms with Crippen LogP contribution in [0.2, 0.25) is 0 Å². The molecule has 76 valence electrons. The lowest BCUT2D eigenvalue weighted by molar-refractivity contribution is 1.50. The normalized spacial score (nSPS) is 9.08. The van der Waals surface area contributed by atoms with E-state index in [-0.39, 0.29) is 0 Å². The summed E-state index contributed by atoms with van der Waals surface area (Å²) in [5, 5.41) is 0. The van der Waals surface area contributed by atoms with E-state index >= 15 is 0 Å². The summed E-state index contributed by atoms with van der Waals surface area (Å²) in [5.41, 5.74) is 5.81. The molecule has 0 atom stereocenters. The molecule has 0 aromatic heterocycles. The lowest BCUT2D eigenvalue weighted by Gasteiger charge is -1.81. The van der Waals surface area contributed by atoms with Crippen molar-refractivity contribution in [1.29, 1.82) is 0 Å². The molecular formula is C12H23N. The van der Waals surface area contributed by atoms with Crippen molar-refractivity contribution in [3.8, 4) is 0 Å². The van der Waals surface area contributed by atoms with E-state index in [1.165, 1.54) is 11.8 Å². The van der Waals surface area contributed by atoms with E-state index < -0.39 is 0 Å². The molecule has 2 N–H and O–H groups in total. The molecule has 0 aromatic carbocycles. The van der Waals surface area contributed by atoms with Gasteiger partial charge in [-0.05, 0) is 20.0 Å². The van der Waals surface area contributed by atoms with Gasteiger partial charge >= 0.3 is 0 Å². The van der Waals surface area contributed by atoms with E-state index in [1.54, 1.807) is 0 Å². The highest BCUT2D eigenvalue weighted by Gasteiger charge is 1.70. The second-order valence-corrected chi connectivity index (χ2v) is 1.88. The van der Waals surface area contributed by atoms with E-state index in [0.717, 1.165) is 0 Å². The quantitative estimate of drug-likeness (QED) is 0.644. The van der Waals surface area contributed by atoms with Gasteiger partial charge in [-0.3, -0.25) is 0 Å². The zero-order chi connectivity index (χ0) is 11.1. The highest BCUT2D eigenvalue weighted by Crippen LogP contribution is 1.91. The largest absolute Gasteiger partial charge is 0.405 e. The van der Waals surface area contributed by atoms with Gasteiger partial charge in [0.05, 0.1) is 0 Å². The Kier molecular flexibility index (Phi) is 30.6. The summed E-state index contributed by atoms with van der Waals surface area (Å²) in [7, 11) is 0. The van der Waals surface area contributed by atoms with Gasteiger partial charge in [0.15, 0.2) is 0 Å². The van der Waals surface area contributed by atoms with Crippen molar-refractivity contribution in [3.63, 3.8) is 0 Å². The molecule has 0 amide bonds. The minimum Gasteiger partial charge on any atom is -0.405 e. The zero-order valence-corrected chi connectivity index (χ0v) is 9.38. The van der Waals surface area contributed by atoms with Crippen LogP contribution in [0.3, 0.4) is 0 Å². The first kappa shape index (κ1) is 17.7. The van der Waals surface area contributed by atoms with Gasteiger partial charge in [0.2, 0.25) is 0 Å². The summed E-state index contributed by atoms with van der Waals surface area (Å²) in [6.07, 6.45) is 9.09. The van der Waals surface area contributed by atoms with Crippen LogP contribution in [0.4, 0.5) is 0 Å². The molecule has 0 rings (SSSR count). The van der Waals surface area contributed by atoms with Gasteiger partial charge < -0.3 is 5.73 Å². The predicted molar refractivity (Wildman–Crippen MR) is 64.5 cm³/mol. The standard InChI is InChI=1S/C8H12.C2H5N.C2H6/c1-4-6-7-8(3)5-2;1-2-3;1-2/h4-7H,2H2,1,3H3;2H,1,3H2;1-2H3/b6-4-,8-7-;;. The second-order valence-electron chi connectivity index (χ2n) is 1.88. The van der Waals surface area contributed by atoms with Crippen LogP contribution in [-0.2, 0) is 0 Å². The van der Waals surface area contributed by atoms with Gasteiger partial charge in [0, 0.05) is 0 Å². The number of hydrogen-bond acceptors (Lipinski definition) is 1. The summed E-state index contributed by atoms with van der Waals surface area (Å²) in [6.45, 7) is 14.8. The Morgan fingerprint density at radius 2 is 1.62 bits per heavy atom. The molecular weight excluding hydrogens is 158 g/mol. The maximum Gasteiger partial charge on any atom is -0.0136 e. The molecule has 0 radical (unpaired) electrons. The van der Waals surface area contributed by atoms with E-state index in [2.05, 4.69) is 18.9 Å². The molecule has 13 heavy (non-hydrogen) atoms. The minimum absolute atomic E-state index is 1.20. The molecule has 0 fully saturated rings. The van der Waals surface area contributed by atoms with Crippen molar-refractivity contribution < 1.29 is 0 Å². The van der Waals surface area contributed by atoms with Crippen molar-refractivity contribution in [2.45, 2.75) is 27.7 Å². The van der Waals surface area contributed by atoms with Crippen molar-refractivity contribution in [2.75, 3.05) is 0 Å². The molecule has 0 saturated heterocycles. The van der Waals surface area contributed by atoms with E-state index in [9.17, 15) is 0 Å². The third-order valence-electron chi connectivity index (χ3n) is 0.874. The third-order valence-corrected chi connectivity index (χ3v) is 0.874. The Hall–Kier alpha value is -1.24. The summed E-state index contributed by atoms with van der Waals surface area (Å²) in [4.78, 5) is 0. The smallest absolute Gasteiger partial charge is 0.0136 e. The van der Waals surface area contributed by atoms with E-state index in [0.29, 0.717) is 0 Å². The number of allylic oxidation sites excluding steroid dienone is 5. The number of hydrogen-bond donors (Lipinski definition) is 1. The Labute approximate surface area is 83.3 Å². The fraction of sp³-hybridized carbons (Fsp3) is 0.333. The fourth-order valence-corrected chi connectivity index (χ4v) is 0.316. The lowest BCUT2D eigenvalue weighted by atomic mass is 10.3. The topological polar surface area (TPSA) is 26.0 Å². The van der Waals surface area contributed by atoms with Crippen LogP contribution >= 0.6 is 0 Å². The van der Waals surface area contributed by atoms with Gasteiger partial charge in [-0.1, -0.05) is 56.9 Å². The second kappa shape index (κ2) is 22.4. The van der Waals surface area contributed by atoms with E-state index in [4.69, 9.17) is 0 Å². The molecule has 0 bridgehead atoms. The maximum atomic E-state index is 4.61. The molecule has 0 heterocycles. The maximum absolute atomic E-state index is 4.61. The Bertz CT molecular complexity index is 153. The predicted octanol–water partition coefficient (Wildman–Crippen LogP) is 3.81. The molecule has 0 saturated carbocycles. The Balaban J connectivity index is -0.000000169. The average molecular weight is 181 g/mol. The van der Waals surface area contributed by atoms with Crippen molar-refractivity contribution >= 4 is 0 Å². The molecule has 0 aliphatic carbocycles. The van der Waals surface area contributed by atoms with Crippen LogP contribution in [0.5, 0.6) is 0 Å². The molecule has 0 aromatic rings. The molecule has 0 spiro atoms. The van der Waals surface area contributed by atoms with Crippen LogP contribution < -0.4 is 5.73 Å². The molecule has 0 aliphatic heterocycles.